The number of likely N-dealkylation sites (tertiary alicyclic amines) is 2. The summed E-state index contributed by atoms with van der Waals surface area (Å²) in [6, 6.07) is 15.3. The lowest BCUT2D eigenvalue weighted by Crippen LogP contribution is -2.48. The molecule has 5 heterocycles. The van der Waals surface area contributed by atoms with Crippen LogP contribution in [0.15, 0.2) is 89.6 Å². The van der Waals surface area contributed by atoms with Gasteiger partial charge in [0.1, 0.15) is 5.82 Å². The van der Waals surface area contributed by atoms with E-state index in [9.17, 15) is 14.4 Å². The maximum Gasteiger partial charge on any atom is 0.253 e. The van der Waals surface area contributed by atoms with Crippen molar-refractivity contribution >= 4 is 47.2 Å². The molecule has 372 valence electrons. The van der Waals surface area contributed by atoms with Crippen LogP contribution < -0.4 is 21.0 Å². The summed E-state index contributed by atoms with van der Waals surface area (Å²) in [6.07, 6.45) is 13.1. The number of nitrogens with zero attached hydrogens (tertiary/aromatic N) is 8. The highest BCUT2D eigenvalue weighted by Crippen LogP contribution is 2.36. The lowest BCUT2D eigenvalue weighted by molar-refractivity contribution is -0.131. The lowest BCUT2D eigenvalue weighted by Gasteiger charge is -2.39. The molecule has 4 aliphatic heterocycles. The van der Waals surface area contributed by atoms with Crippen LogP contribution in [0.1, 0.15) is 92.3 Å². The first kappa shape index (κ1) is 52.6. The summed E-state index contributed by atoms with van der Waals surface area (Å²) < 4.78 is 16.2. The van der Waals surface area contributed by atoms with Crippen LogP contribution in [-0.4, -0.2) is 148 Å². The van der Waals surface area contributed by atoms with Crippen LogP contribution in [0.25, 0.3) is 5.57 Å². The van der Waals surface area contributed by atoms with Gasteiger partial charge in [-0.1, -0.05) is 50.3 Å². The van der Waals surface area contributed by atoms with Gasteiger partial charge in [0.2, 0.25) is 12.3 Å². The molecule has 4 fully saturated rings. The van der Waals surface area contributed by atoms with Crippen molar-refractivity contribution in [3.05, 3.63) is 113 Å². The van der Waals surface area contributed by atoms with Gasteiger partial charge in [-0.3, -0.25) is 34.0 Å². The van der Waals surface area contributed by atoms with Crippen LogP contribution in [0.2, 0.25) is 0 Å². The van der Waals surface area contributed by atoms with Crippen molar-refractivity contribution in [1.29, 1.82) is 0 Å². The number of aromatic nitrogens is 1. The molecule has 4 saturated heterocycles. The molecule has 0 bridgehead atoms. The topological polar surface area (TPSA) is 143 Å². The van der Waals surface area contributed by atoms with E-state index in [1.165, 1.54) is 16.0 Å². The molecule has 3 aromatic rings. The molecule has 3 amide bonds. The number of piperidine rings is 2. The molecule has 14 nitrogen and oxygen atoms in total. The fourth-order valence-corrected chi connectivity index (χ4v) is 10.00. The van der Waals surface area contributed by atoms with Crippen molar-refractivity contribution in [2.75, 3.05) is 109 Å². The fraction of sp³-hybridized carbons (Fsp3) is 0.500. The fourth-order valence-electron chi connectivity index (χ4n) is 10.00. The standard InChI is InChI=1S/C52H69FN10O4.C2H6/c1-37(30-38(2)46(16-21-55-3)43-11-14-48(54)56-31-43)32-59-22-19-41(20-23-59)40-6-8-42(9-7-40)52(66)62-24-17-39(18-25-62)33-60-26-28-61(29-27-60)34-44-10-13-47(51(50(44)53)58(4)5)63(36-64)45-12-15-49(65)57-67-35-45;1-2/h6-11,13-14,16,21,30-31,36,39,41,45H,2,12,15,17-20,22-29,32-35H2,1,3-5H3,(H2,54,56)(H,57,65);1-2H3/b37-30+,46-16+,55-21?;. The number of benzene rings is 2. The van der Waals surface area contributed by atoms with E-state index in [0.29, 0.717) is 54.0 Å². The van der Waals surface area contributed by atoms with Crippen molar-refractivity contribution in [3.8, 4) is 0 Å². The average molecular weight is 947 g/mol. The maximum absolute atomic E-state index is 16.2. The Morgan fingerprint density at radius 1 is 0.928 bits per heavy atom. The third-order valence-electron chi connectivity index (χ3n) is 13.8. The Labute approximate surface area is 409 Å². The number of hydrogen-bond acceptors (Lipinski definition) is 11. The summed E-state index contributed by atoms with van der Waals surface area (Å²) in [5.74, 6) is 1.03. The zero-order valence-electron chi connectivity index (χ0n) is 41.8. The third-order valence-corrected chi connectivity index (χ3v) is 13.8. The Morgan fingerprint density at radius 3 is 2.25 bits per heavy atom. The van der Waals surface area contributed by atoms with Crippen molar-refractivity contribution in [3.63, 3.8) is 0 Å². The Hall–Kier alpha value is -5.74. The molecule has 1 aromatic heterocycles. The minimum Gasteiger partial charge on any atom is -0.384 e. The molecule has 0 spiro atoms. The SMILES string of the molecule is C=C(/C=C(\C)CN1CCC(c2ccc(C(=O)N3CCC(CN4CCN(Cc5ccc(N(C=O)C6CCC(=O)NOC6)c(N(C)C)c5F)CC4)CC3)cc2)CC1)/C(=C\C=NC)c1ccc(N)nc1.CC. The van der Waals surface area contributed by atoms with Crippen LogP contribution in [0.3, 0.4) is 0 Å². The summed E-state index contributed by atoms with van der Waals surface area (Å²) in [5, 5.41) is 0. The third kappa shape index (κ3) is 14.2. The Bertz CT molecular complexity index is 2270. The molecule has 15 heteroatoms. The number of piperazine rings is 1. The van der Waals surface area contributed by atoms with Crippen LogP contribution in [0.4, 0.5) is 21.6 Å². The van der Waals surface area contributed by atoms with E-state index >= 15 is 4.39 Å². The van der Waals surface area contributed by atoms with Gasteiger partial charge in [-0.05, 0) is 117 Å². The lowest BCUT2D eigenvalue weighted by atomic mass is 9.88. The molecule has 1 atom stereocenters. The molecule has 0 saturated carbocycles. The zero-order valence-corrected chi connectivity index (χ0v) is 41.8. The first-order valence-corrected chi connectivity index (χ1v) is 24.8. The molecule has 1 unspecified atom stereocenters. The summed E-state index contributed by atoms with van der Waals surface area (Å²) >= 11 is 0. The first-order valence-electron chi connectivity index (χ1n) is 24.8. The van der Waals surface area contributed by atoms with Crippen LogP contribution in [0.5, 0.6) is 0 Å². The first-order chi connectivity index (χ1) is 33.4. The van der Waals surface area contributed by atoms with Gasteiger partial charge in [-0.25, -0.2) is 14.9 Å². The van der Waals surface area contributed by atoms with E-state index in [1.807, 2.05) is 43.0 Å². The number of allylic oxidation sites excluding steroid dienone is 4. The van der Waals surface area contributed by atoms with Crippen molar-refractivity contribution in [1.82, 2.24) is 30.1 Å². The van der Waals surface area contributed by atoms with Crippen LogP contribution >= 0.6 is 0 Å². The second kappa shape index (κ2) is 25.7. The average Bonchev–Trinajstić information content (AvgIpc) is 3.58. The zero-order chi connectivity index (χ0) is 49.5. The highest BCUT2D eigenvalue weighted by molar-refractivity contribution is 5.94. The van der Waals surface area contributed by atoms with Crippen molar-refractivity contribution in [2.24, 2.45) is 10.9 Å². The smallest absolute Gasteiger partial charge is 0.253 e. The second-order valence-electron chi connectivity index (χ2n) is 18.8. The van der Waals surface area contributed by atoms with Gasteiger partial charge in [-0.2, -0.15) is 0 Å². The quantitative estimate of drug-likeness (QED) is 0.0860. The predicted octanol–water partition coefficient (Wildman–Crippen LogP) is 7.20. The van der Waals surface area contributed by atoms with E-state index in [2.05, 4.69) is 61.9 Å². The number of nitrogen functional groups attached to an aromatic ring is 1. The summed E-state index contributed by atoms with van der Waals surface area (Å²) in [6.45, 7) is 20.0. The number of aliphatic imine (C=N–C) groups is 1. The molecule has 0 aliphatic carbocycles. The van der Waals surface area contributed by atoms with Gasteiger partial charge in [-0.15, -0.1) is 0 Å². The van der Waals surface area contributed by atoms with E-state index in [0.717, 1.165) is 113 Å². The summed E-state index contributed by atoms with van der Waals surface area (Å²) in [7, 11) is 5.29. The number of hydroxylamine groups is 1. The van der Waals surface area contributed by atoms with Crippen LogP contribution in [0, 0.1) is 11.7 Å². The molecule has 7 rings (SSSR count). The highest BCUT2D eigenvalue weighted by atomic mass is 19.1. The van der Waals surface area contributed by atoms with Gasteiger partial charge in [0.25, 0.3) is 5.91 Å². The Kier molecular flexibility index (Phi) is 19.6. The number of carbonyl (C=O) groups is 3. The molecule has 3 N–H and O–H groups in total. The Balaban J connectivity index is 0.00000386. The second-order valence-corrected chi connectivity index (χ2v) is 18.8. The number of rotatable bonds is 16. The normalized spacial score (nSPS) is 19.7. The molecular formula is C54H75FN10O4. The molecule has 4 aliphatic rings. The van der Waals surface area contributed by atoms with Gasteiger partial charge in [0, 0.05) is 116 Å². The summed E-state index contributed by atoms with van der Waals surface area (Å²) in [5.41, 5.74) is 15.7. The molecule has 0 radical (unpaired) electrons. The highest BCUT2D eigenvalue weighted by Gasteiger charge is 2.30. The van der Waals surface area contributed by atoms with Crippen molar-refractivity contribution < 1.29 is 23.6 Å². The van der Waals surface area contributed by atoms with E-state index in [1.54, 1.807) is 56.7 Å². The largest absolute Gasteiger partial charge is 0.384 e. The number of amides is 3. The minimum absolute atomic E-state index is 0.119. The Morgan fingerprint density at radius 2 is 1.61 bits per heavy atom. The van der Waals surface area contributed by atoms with Gasteiger partial charge >= 0.3 is 0 Å². The number of nitrogens with two attached hydrogens (primary N) is 1. The maximum atomic E-state index is 16.2. The van der Waals surface area contributed by atoms with Crippen LogP contribution in [-0.2, 0) is 21.0 Å². The van der Waals surface area contributed by atoms with Gasteiger partial charge in [0.05, 0.1) is 24.0 Å². The number of nitrogens with one attached hydrogen (secondary N) is 1. The molecule has 2 aromatic carbocycles. The number of pyridine rings is 1. The van der Waals surface area contributed by atoms with Gasteiger partial charge in [0.15, 0.2) is 5.82 Å². The summed E-state index contributed by atoms with van der Waals surface area (Å²) in [4.78, 5) is 63.9. The van der Waals surface area contributed by atoms with E-state index < -0.39 is 6.04 Å². The minimum atomic E-state index is -0.400. The number of anilines is 3. The molecule has 69 heavy (non-hydrogen) atoms. The van der Waals surface area contributed by atoms with E-state index in [4.69, 9.17) is 10.6 Å². The van der Waals surface area contributed by atoms with Crippen molar-refractivity contribution in [2.45, 2.75) is 77.8 Å². The van der Waals surface area contributed by atoms with Gasteiger partial charge < -0.3 is 25.3 Å². The predicted molar refractivity (Wildman–Crippen MR) is 277 cm³/mol. The van der Waals surface area contributed by atoms with E-state index in [-0.39, 0.29) is 30.7 Å². The number of halogens is 1. The molecular weight excluding hydrogens is 872 g/mol. The monoisotopic (exact) mass is 947 g/mol. The number of hydrogen-bond donors (Lipinski definition) is 2. The number of carbonyl (C=O) groups excluding carboxylic acids is 3.